The van der Waals surface area contributed by atoms with Crippen LogP contribution in [0.15, 0.2) is 122 Å². The van der Waals surface area contributed by atoms with E-state index in [1.165, 1.54) is 44.1 Å². The smallest absolute Gasteiger partial charge is 0.272 e. The van der Waals surface area contributed by atoms with Gasteiger partial charge in [0.25, 0.3) is 5.82 Å². The second-order valence-corrected chi connectivity index (χ2v) is 10.7. The molecule has 0 radical (unpaired) electrons. The molecule has 180 valence electrons. The highest BCUT2D eigenvalue weighted by Gasteiger charge is 2.37. The van der Waals surface area contributed by atoms with Crippen LogP contribution < -0.4 is 4.40 Å². The molecule has 0 aliphatic heterocycles. The summed E-state index contributed by atoms with van der Waals surface area (Å²) in [4.78, 5) is 5.29. The summed E-state index contributed by atoms with van der Waals surface area (Å²) < 4.78 is 4.48. The number of aromatic nitrogens is 3. The van der Waals surface area contributed by atoms with Gasteiger partial charge in [-0.15, -0.1) is 0 Å². The van der Waals surface area contributed by atoms with Gasteiger partial charge in [-0.05, 0) is 51.0 Å². The molecule has 0 fully saturated rings. The van der Waals surface area contributed by atoms with Gasteiger partial charge in [-0.1, -0.05) is 98.8 Å². The van der Waals surface area contributed by atoms with Crippen LogP contribution in [0.5, 0.6) is 0 Å². The highest BCUT2D eigenvalue weighted by molar-refractivity contribution is 6.18. The largest absolute Gasteiger partial charge is 0.330 e. The molecule has 3 aromatic heterocycles. The van der Waals surface area contributed by atoms with Gasteiger partial charge in [0, 0.05) is 22.3 Å². The number of hydrogen-bond donors (Lipinski definition) is 0. The molecule has 3 heterocycles. The SMILES string of the molecule is CC1(C)c2ccccc2-c2c1ccc1c2c2ccccc2n1-c1nc2cccc[n+]2cc1-c1ccccc1. The third-order valence-corrected chi connectivity index (χ3v) is 8.28. The van der Waals surface area contributed by atoms with Gasteiger partial charge in [0.2, 0.25) is 0 Å². The van der Waals surface area contributed by atoms with Crippen LogP contribution in [0.25, 0.3) is 55.5 Å². The summed E-state index contributed by atoms with van der Waals surface area (Å²) in [5, 5.41) is 2.56. The number of para-hydroxylation sites is 1. The van der Waals surface area contributed by atoms with E-state index in [0.29, 0.717) is 0 Å². The van der Waals surface area contributed by atoms with Gasteiger partial charge in [0.1, 0.15) is 6.20 Å². The van der Waals surface area contributed by atoms with E-state index >= 15 is 0 Å². The van der Waals surface area contributed by atoms with Gasteiger partial charge < -0.3 is 0 Å². The second-order valence-electron chi connectivity index (χ2n) is 10.7. The van der Waals surface area contributed by atoms with Crippen LogP contribution in [0.4, 0.5) is 0 Å². The topological polar surface area (TPSA) is 21.9 Å². The highest BCUT2D eigenvalue weighted by atomic mass is 15.1. The molecular weight excluding hydrogens is 462 g/mol. The van der Waals surface area contributed by atoms with Crippen LogP contribution in [0, 0.1) is 0 Å². The molecule has 0 bridgehead atoms. The lowest BCUT2D eigenvalue weighted by Crippen LogP contribution is -2.23. The lowest BCUT2D eigenvalue weighted by atomic mass is 9.82. The van der Waals surface area contributed by atoms with E-state index in [1.807, 2.05) is 12.1 Å². The minimum Gasteiger partial charge on any atom is -0.272 e. The van der Waals surface area contributed by atoms with E-state index in [2.05, 4.69) is 132 Å². The van der Waals surface area contributed by atoms with Gasteiger partial charge in [-0.3, -0.25) is 4.57 Å². The summed E-state index contributed by atoms with van der Waals surface area (Å²) in [6.45, 7) is 4.69. The van der Waals surface area contributed by atoms with Crippen molar-refractivity contribution in [3.05, 3.63) is 133 Å². The Morgan fingerprint density at radius 2 is 1.42 bits per heavy atom. The molecular formula is C35H26N3+. The van der Waals surface area contributed by atoms with E-state index in [-0.39, 0.29) is 5.41 Å². The van der Waals surface area contributed by atoms with Crippen LogP contribution in [0.2, 0.25) is 0 Å². The molecule has 7 aromatic rings. The fourth-order valence-corrected chi connectivity index (χ4v) is 6.49. The third kappa shape index (κ3) is 2.79. The lowest BCUT2D eigenvalue weighted by molar-refractivity contribution is -0.513. The number of nitrogens with zero attached hydrogens (tertiary/aromatic N) is 3. The van der Waals surface area contributed by atoms with Crippen LogP contribution in [0.3, 0.4) is 0 Å². The molecule has 0 amide bonds. The van der Waals surface area contributed by atoms with Crippen molar-refractivity contribution in [3.63, 3.8) is 0 Å². The van der Waals surface area contributed by atoms with Crippen LogP contribution in [-0.4, -0.2) is 9.55 Å². The van der Waals surface area contributed by atoms with E-state index in [4.69, 9.17) is 4.98 Å². The van der Waals surface area contributed by atoms with Crippen molar-refractivity contribution >= 4 is 27.5 Å². The van der Waals surface area contributed by atoms with E-state index in [9.17, 15) is 0 Å². The van der Waals surface area contributed by atoms with Crippen LogP contribution >= 0.6 is 0 Å². The fraction of sp³-hybridized carbons (Fsp3) is 0.0857. The zero-order valence-electron chi connectivity index (χ0n) is 21.4. The predicted octanol–water partition coefficient (Wildman–Crippen LogP) is 7.89. The molecule has 3 heteroatoms. The zero-order chi connectivity index (χ0) is 25.4. The maximum atomic E-state index is 5.29. The second kappa shape index (κ2) is 7.62. The number of benzene rings is 4. The van der Waals surface area contributed by atoms with Crippen molar-refractivity contribution in [2.45, 2.75) is 19.3 Å². The molecule has 0 unspecified atom stereocenters. The van der Waals surface area contributed by atoms with Crippen molar-refractivity contribution in [2.24, 2.45) is 0 Å². The third-order valence-electron chi connectivity index (χ3n) is 8.28. The molecule has 4 aromatic carbocycles. The maximum Gasteiger partial charge on any atom is 0.330 e. The average Bonchev–Trinajstić information content (AvgIpc) is 3.42. The van der Waals surface area contributed by atoms with Crippen LogP contribution in [0.1, 0.15) is 25.0 Å². The normalized spacial score (nSPS) is 13.7. The first-order valence-corrected chi connectivity index (χ1v) is 13.2. The van der Waals surface area contributed by atoms with Crippen molar-refractivity contribution in [1.82, 2.24) is 9.55 Å². The molecule has 1 aliphatic carbocycles. The van der Waals surface area contributed by atoms with Crippen molar-refractivity contribution < 1.29 is 4.40 Å². The Hall–Kier alpha value is -4.76. The average molecular weight is 489 g/mol. The van der Waals surface area contributed by atoms with E-state index < -0.39 is 0 Å². The minimum atomic E-state index is -0.0453. The van der Waals surface area contributed by atoms with Gasteiger partial charge >= 0.3 is 5.65 Å². The van der Waals surface area contributed by atoms with Gasteiger partial charge in [0.15, 0.2) is 0 Å². The summed E-state index contributed by atoms with van der Waals surface area (Å²) >= 11 is 0. The molecule has 0 atom stereocenters. The fourth-order valence-electron chi connectivity index (χ4n) is 6.49. The summed E-state index contributed by atoms with van der Waals surface area (Å²) in [7, 11) is 0. The van der Waals surface area contributed by atoms with E-state index in [0.717, 1.165) is 22.6 Å². The van der Waals surface area contributed by atoms with Gasteiger partial charge in [0.05, 0.1) is 22.8 Å². The first-order chi connectivity index (χ1) is 18.6. The van der Waals surface area contributed by atoms with Gasteiger partial charge in [-0.2, -0.15) is 0 Å². The first kappa shape index (κ1) is 21.3. The highest BCUT2D eigenvalue weighted by Crippen LogP contribution is 2.53. The Morgan fingerprint density at radius 3 is 2.32 bits per heavy atom. The quantitative estimate of drug-likeness (QED) is 0.227. The molecule has 0 N–H and O–H groups in total. The predicted molar refractivity (Wildman–Crippen MR) is 155 cm³/mol. The summed E-state index contributed by atoms with van der Waals surface area (Å²) in [5.41, 5.74) is 10.9. The number of pyridine rings is 1. The first-order valence-electron chi connectivity index (χ1n) is 13.2. The summed E-state index contributed by atoms with van der Waals surface area (Å²) in [6, 6.07) is 39.1. The monoisotopic (exact) mass is 488 g/mol. The standard InChI is InChI=1S/C35H26N3/c1-35(2)27-16-8-6-14-24(27)32-28(35)19-20-30-33(32)25-15-7-9-17-29(25)38(30)34-26(23-12-4-3-5-13-23)22-37-21-11-10-18-31(37)36-34/h3-22H,1-2H3/q+1. The lowest BCUT2D eigenvalue weighted by Gasteiger charge is -2.21. The molecule has 0 spiro atoms. The van der Waals surface area contributed by atoms with Crippen LogP contribution in [-0.2, 0) is 5.41 Å². The molecule has 3 nitrogen and oxygen atoms in total. The van der Waals surface area contributed by atoms with Gasteiger partial charge in [-0.25, -0.2) is 4.40 Å². The number of rotatable bonds is 2. The minimum absolute atomic E-state index is 0.0453. The Kier molecular flexibility index (Phi) is 4.28. The summed E-state index contributed by atoms with van der Waals surface area (Å²) in [5.74, 6) is 0.944. The maximum absolute atomic E-state index is 5.29. The summed E-state index contributed by atoms with van der Waals surface area (Å²) in [6.07, 6.45) is 4.27. The van der Waals surface area contributed by atoms with E-state index in [1.54, 1.807) is 0 Å². The molecule has 38 heavy (non-hydrogen) atoms. The molecule has 8 rings (SSSR count). The Morgan fingerprint density at radius 1 is 0.658 bits per heavy atom. The Bertz CT molecular complexity index is 2050. The number of fused-ring (bicyclic) bond motifs is 8. The van der Waals surface area contributed by atoms with Crippen molar-refractivity contribution in [3.8, 4) is 28.1 Å². The Labute approximate surface area is 221 Å². The number of hydrogen-bond acceptors (Lipinski definition) is 1. The molecule has 0 saturated heterocycles. The molecule has 1 aliphatic rings. The molecule has 0 saturated carbocycles. The van der Waals surface area contributed by atoms with Crippen molar-refractivity contribution in [2.75, 3.05) is 0 Å². The zero-order valence-corrected chi connectivity index (χ0v) is 21.4. The van der Waals surface area contributed by atoms with Crippen molar-refractivity contribution in [1.29, 1.82) is 0 Å². The Balaban J connectivity index is 1.56.